The molecule has 3 amide bonds. The molecule has 0 aliphatic carbocycles. The minimum atomic E-state index is -5.11. The number of aromatic nitrogens is 1. The van der Waals surface area contributed by atoms with E-state index in [1.807, 2.05) is 0 Å². The predicted molar refractivity (Wildman–Crippen MR) is 129 cm³/mol. The highest BCUT2D eigenvalue weighted by Gasteiger charge is 2.46. The first-order valence-corrected chi connectivity index (χ1v) is 12.2. The van der Waals surface area contributed by atoms with E-state index in [1.165, 1.54) is 25.9 Å². The van der Waals surface area contributed by atoms with Crippen molar-refractivity contribution in [1.29, 1.82) is 0 Å². The first kappa shape index (κ1) is 28.9. The Labute approximate surface area is 217 Å². The van der Waals surface area contributed by atoms with Crippen molar-refractivity contribution in [3.63, 3.8) is 0 Å². The summed E-state index contributed by atoms with van der Waals surface area (Å²) < 4.78 is 49.5. The molecule has 1 fully saturated rings. The highest BCUT2D eigenvalue weighted by atomic mass is 19.4. The standard InChI is InChI=1S/C25H31F3N4O6/c1-12(2)18(21(33)25(26,27)28)29-22(34)16-7-6-10-32(16)24(36)19(13(3)4)30-23(35)20-15-9-8-14(37-5)11-17(15)38-31-20/h8-9,11-13,16,18-19H,6-7,10H2,1-5H3,(H,29,34)(H,30,35)/t16-,18-,19-/m0/s1. The van der Waals surface area contributed by atoms with Crippen LogP contribution in [0.15, 0.2) is 22.7 Å². The van der Waals surface area contributed by atoms with E-state index in [2.05, 4.69) is 15.8 Å². The van der Waals surface area contributed by atoms with Crippen LogP contribution in [0.2, 0.25) is 0 Å². The van der Waals surface area contributed by atoms with E-state index in [1.54, 1.807) is 32.0 Å². The molecule has 2 aromatic rings. The molecule has 1 aliphatic heterocycles. The SMILES string of the molecule is COc1ccc2c(C(=O)N[C@H](C(=O)N3CCC[C@H]3C(=O)N[C@H](C(=O)C(F)(F)F)C(C)C)C(C)C)noc2c1. The number of hydrogen-bond donors (Lipinski definition) is 2. The Kier molecular flexibility index (Phi) is 8.68. The second-order valence-electron chi connectivity index (χ2n) is 9.87. The molecule has 0 radical (unpaired) electrons. The maximum atomic E-state index is 13.5. The van der Waals surface area contributed by atoms with Gasteiger partial charge in [0.1, 0.15) is 17.8 Å². The number of amides is 3. The van der Waals surface area contributed by atoms with Gasteiger partial charge in [0.25, 0.3) is 11.7 Å². The Bertz CT molecular complexity index is 1210. The van der Waals surface area contributed by atoms with E-state index in [0.29, 0.717) is 23.1 Å². The summed E-state index contributed by atoms with van der Waals surface area (Å²) in [5.74, 6) is -4.85. The summed E-state index contributed by atoms with van der Waals surface area (Å²) in [5.41, 5.74) is 0.272. The fourth-order valence-electron chi connectivity index (χ4n) is 4.37. The van der Waals surface area contributed by atoms with Crippen molar-refractivity contribution in [1.82, 2.24) is 20.7 Å². The van der Waals surface area contributed by atoms with Crippen LogP contribution in [-0.4, -0.2) is 71.5 Å². The van der Waals surface area contributed by atoms with Crippen LogP contribution in [-0.2, 0) is 14.4 Å². The molecule has 0 bridgehead atoms. The molecular weight excluding hydrogens is 509 g/mol. The fourth-order valence-corrected chi connectivity index (χ4v) is 4.37. The molecule has 38 heavy (non-hydrogen) atoms. The third-order valence-electron chi connectivity index (χ3n) is 6.48. The van der Waals surface area contributed by atoms with Crippen LogP contribution in [0.1, 0.15) is 51.0 Å². The number of benzene rings is 1. The van der Waals surface area contributed by atoms with Crippen LogP contribution in [0.25, 0.3) is 11.0 Å². The van der Waals surface area contributed by atoms with Gasteiger partial charge in [-0.2, -0.15) is 13.2 Å². The number of alkyl halides is 3. The van der Waals surface area contributed by atoms with Gasteiger partial charge >= 0.3 is 6.18 Å². The predicted octanol–water partition coefficient (Wildman–Crippen LogP) is 2.85. The minimum Gasteiger partial charge on any atom is -0.497 e. The van der Waals surface area contributed by atoms with Crippen LogP contribution in [0.5, 0.6) is 5.75 Å². The van der Waals surface area contributed by atoms with Gasteiger partial charge in [0.15, 0.2) is 11.3 Å². The van der Waals surface area contributed by atoms with Crippen LogP contribution < -0.4 is 15.4 Å². The number of ketones is 1. The molecule has 10 nitrogen and oxygen atoms in total. The van der Waals surface area contributed by atoms with Crippen molar-refractivity contribution in [3.8, 4) is 5.75 Å². The lowest BCUT2D eigenvalue weighted by Crippen LogP contribution is -2.58. The molecule has 1 aliphatic rings. The van der Waals surface area contributed by atoms with E-state index >= 15 is 0 Å². The summed E-state index contributed by atoms with van der Waals surface area (Å²) in [6, 6.07) is 0.871. The van der Waals surface area contributed by atoms with Gasteiger partial charge in [0.05, 0.1) is 18.5 Å². The lowest BCUT2D eigenvalue weighted by molar-refractivity contribution is -0.175. The highest BCUT2D eigenvalue weighted by Crippen LogP contribution is 2.26. The normalized spacial score (nSPS) is 17.5. The largest absolute Gasteiger partial charge is 0.497 e. The van der Waals surface area contributed by atoms with Crippen molar-refractivity contribution >= 4 is 34.5 Å². The Hall–Kier alpha value is -3.64. The molecular formula is C25H31F3N4O6. The first-order valence-electron chi connectivity index (χ1n) is 12.2. The lowest BCUT2D eigenvalue weighted by Gasteiger charge is -2.31. The van der Waals surface area contributed by atoms with E-state index < -0.39 is 59.6 Å². The quantitative estimate of drug-likeness (QED) is 0.500. The zero-order valence-corrected chi connectivity index (χ0v) is 21.7. The molecule has 2 N–H and O–H groups in total. The Morgan fingerprint density at radius 2 is 1.74 bits per heavy atom. The smallest absolute Gasteiger partial charge is 0.452 e. The summed E-state index contributed by atoms with van der Waals surface area (Å²) in [7, 11) is 1.48. The van der Waals surface area contributed by atoms with Crippen LogP contribution in [0.4, 0.5) is 13.2 Å². The number of carbonyl (C=O) groups is 4. The molecule has 13 heteroatoms. The number of hydrogen-bond acceptors (Lipinski definition) is 7. The number of ether oxygens (including phenoxy) is 1. The van der Waals surface area contributed by atoms with Gasteiger partial charge in [-0.25, -0.2) is 0 Å². The molecule has 0 spiro atoms. The van der Waals surface area contributed by atoms with Gasteiger partial charge in [-0.05, 0) is 36.8 Å². The topological polar surface area (TPSA) is 131 Å². The van der Waals surface area contributed by atoms with E-state index in [0.717, 1.165) is 0 Å². The summed E-state index contributed by atoms with van der Waals surface area (Å²) >= 11 is 0. The molecule has 2 heterocycles. The molecule has 1 aromatic heterocycles. The number of nitrogens with one attached hydrogen (secondary N) is 2. The maximum absolute atomic E-state index is 13.5. The Morgan fingerprint density at radius 3 is 2.32 bits per heavy atom. The second kappa shape index (κ2) is 11.4. The number of rotatable bonds is 9. The average molecular weight is 541 g/mol. The first-order chi connectivity index (χ1) is 17.8. The minimum absolute atomic E-state index is 0.0396. The molecule has 208 valence electrons. The van der Waals surface area contributed by atoms with Crippen LogP contribution >= 0.6 is 0 Å². The zero-order valence-electron chi connectivity index (χ0n) is 21.7. The monoisotopic (exact) mass is 540 g/mol. The molecule has 3 atom stereocenters. The number of likely N-dealkylation sites (tertiary alicyclic amines) is 1. The average Bonchev–Trinajstić information content (AvgIpc) is 3.50. The van der Waals surface area contributed by atoms with E-state index in [-0.39, 0.29) is 18.7 Å². The molecule has 1 aromatic carbocycles. The lowest BCUT2D eigenvalue weighted by atomic mass is 9.98. The van der Waals surface area contributed by atoms with Crippen molar-refractivity contribution in [2.24, 2.45) is 11.8 Å². The number of halogens is 3. The number of fused-ring (bicyclic) bond motifs is 1. The van der Waals surface area contributed by atoms with Crippen LogP contribution in [0, 0.1) is 11.8 Å². The van der Waals surface area contributed by atoms with E-state index in [4.69, 9.17) is 9.26 Å². The van der Waals surface area contributed by atoms with Gasteiger partial charge in [0, 0.05) is 12.6 Å². The third-order valence-corrected chi connectivity index (χ3v) is 6.48. The van der Waals surface area contributed by atoms with Gasteiger partial charge in [-0.3, -0.25) is 19.2 Å². The number of Topliss-reactive ketones (excluding diaryl/α,β-unsaturated/α-hetero) is 1. The van der Waals surface area contributed by atoms with Crippen molar-refractivity contribution in [2.45, 2.75) is 64.8 Å². The fraction of sp³-hybridized carbons (Fsp3) is 0.560. The summed E-state index contributed by atoms with van der Waals surface area (Å²) in [4.78, 5) is 52.6. The van der Waals surface area contributed by atoms with Crippen molar-refractivity contribution in [2.75, 3.05) is 13.7 Å². The van der Waals surface area contributed by atoms with Crippen molar-refractivity contribution in [3.05, 3.63) is 23.9 Å². The van der Waals surface area contributed by atoms with Gasteiger partial charge < -0.3 is 24.8 Å². The summed E-state index contributed by atoms with van der Waals surface area (Å²) in [6.45, 7) is 6.36. The number of carbonyl (C=O) groups excluding carboxylic acids is 4. The van der Waals surface area contributed by atoms with E-state index in [9.17, 15) is 32.3 Å². The van der Waals surface area contributed by atoms with Gasteiger partial charge in [-0.1, -0.05) is 32.9 Å². The third kappa shape index (κ3) is 6.08. The highest BCUT2D eigenvalue weighted by molar-refractivity contribution is 6.06. The number of nitrogens with zero attached hydrogens (tertiary/aromatic N) is 2. The van der Waals surface area contributed by atoms with Gasteiger partial charge in [0.2, 0.25) is 11.8 Å². The zero-order chi connectivity index (χ0) is 28.4. The molecule has 3 rings (SSSR count). The van der Waals surface area contributed by atoms with Gasteiger partial charge in [-0.15, -0.1) is 0 Å². The molecule has 0 unspecified atom stereocenters. The molecule has 0 saturated carbocycles. The molecule has 1 saturated heterocycles. The Balaban J connectivity index is 1.77. The summed E-state index contributed by atoms with van der Waals surface area (Å²) in [5, 5.41) is 9.06. The summed E-state index contributed by atoms with van der Waals surface area (Å²) in [6.07, 6.45) is -4.48. The maximum Gasteiger partial charge on any atom is 0.452 e. The van der Waals surface area contributed by atoms with Crippen molar-refractivity contribution < 1.29 is 41.6 Å². The van der Waals surface area contributed by atoms with Crippen LogP contribution in [0.3, 0.4) is 0 Å². The second-order valence-corrected chi connectivity index (χ2v) is 9.87. The number of methoxy groups -OCH3 is 1. The Morgan fingerprint density at radius 1 is 1.08 bits per heavy atom.